The summed E-state index contributed by atoms with van der Waals surface area (Å²) in [5, 5.41) is 0.499. The Balaban J connectivity index is 1.69. The average Bonchev–Trinajstić information content (AvgIpc) is 2.98. The Morgan fingerprint density at radius 1 is 0.791 bits per heavy atom. The van der Waals surface area contributed by atoms with E-state index in [2.05, 4.69) is 41.5 Å². The van der Waals surface area contributed by atoms with Crippen molar-refractivity contribution in [2.45, 2.75) is 60.8 Å². The SMILES string of the molecule is CC(C)C(c1cc(-c2ccccc2)[o+]c(C(C)(C)C)c1)=c1c(=O)c(=CC2C=C(c3ccccc3)OC(C(C)(C)C)=C2)c1=O. The quantitative estimate of drug-likeness (QED) is 0.234. The van der Waals surface area contributed by atoms with E-state index in [9.17, 15) is 9.59 Å². The van der Waals surface area contributed by atoms with Gasteiger partial charge in [-0.25, -0.2) is 4.42 Å². The van der Waals surface area contributed by atoms with Gasteiger partial charge in [-0.05, 0) is 62.1 Å². The molecule has 1 aliphatic heterocycles. The number of hydrogen-bond acceptors (Lipinski definition) is 3. The van der Waals surface area contributed by atoms with E-state index in [1.54, 1.807) is 6.08 Å². The molecule has 1 aromatic heterocycles. The molecule has 4 nitrogen and oxygen atoms in total. The van der Waals surface area contributed by atoms with Crippen molar-refractivity contribution in [1.82, 2.24) is 0 Å². The van der Waals surface area contributed by atoms with E-state index in [1.165, 1.54) is 0 Å². The van der Waals surface area contributed by atoms with Crippen LogP contribution >= 0.6 is 0 Å². The Bertz CT molecular complexity index is 1870. The molecule has 0 aliphatic carbocycles. The van der Waals surface area contributed by atoms with Gasteiger partial charge in [-0.2, -0.15) is 0 Å². The summed E-state index contributed by atoms with van der Waals surface area (Å²) in [6.45, 7) is 16.6. The Hall–Kier alpha value is -4.31. The highest BCUT2D eigenvalue weighted by atomic mass is 16.5. The third-order valence-corrected chi connectivity index (χ3v) is 7.76. The fourth-order valence-corrected chi connectivity index (χ4v) is 5.38. The number of rotatable bonds is 5. The number of hydrogen-bond donors (Lipinski definition) is 0. The van der Waals surface area contributed by atoms with Crippen LogP contribution in [0.5, 0.6) is 0 Å². The smallest absolute Gasteiger partial charge is 0.360 e. The molecule has 1 atom stereocenters. The maximum absolute atomic E-state index is 13.8. The van der Waals surface area contributed by atoms with E-state index in [1.807, 2.05) is 98.8 Å². The van der Waals surface area contributed by atoms with Crippen molar-refractivity contribution in [3.05, 3.63) is 138 Å². The van der Waals surface area contributed by atoms with Crippen molar-refractivity contribution in [2.24, 2.45) is 17.3 Å². The van der Waals surface area contributed by atoms with Gasteiger partial charge in [-0.15, -0.1) is 0 Å². The molecule has 3 aromatic carbocycles. The normalized spacial score (nSPS) is 15.6. The minimum Gasteiger partial charge on any atom is -0.461 e. The summed E-state index contributed by atoms with van der Waals surface area (Å²) in [6.07, 6.45) is 5.77. The van der Waals surface area contributed by atoms with Crippen LogP contribution < -0.4 is 21.3 Å². The van der Waals surface area contributed by atoms with Crippen LogP contribution in [-0.2, 0) is 10.2 Å². The highest BCUT2D eigenvalue weighted by Crippen LogP contribution is 2.37. The second-order valence-electron chi connectivity index (χ2n) is 13.7. The molecule has 0 radical (unpaired) electrons. The fraction of sp³-hybridized carbons (Fsp3) is 0.308. The Kier molecular flexibility index (Phi) is 8.00. The first kappa shape index (κ1) is 30.2. The third kappa shape index (κ3) is 6.24. The van der Waals surface area contributed by atoms with Gasteiger partial charge in [0.1, 0.15) is 11.5 Å². The molecule has 0 N–H and O–H groups in total. The minimum absolute atomic E-state index is 0.0525. The molecule has 43 heavy (non-hydrogen) atoms. The van der Waals surface area contributed by atoms with Crippen molar-refractivity contribution >= 4 is 17.4 Å². The van der Waals surface area contributed by atoms with Crippen molar-refractivity contribution in [2.75, 3.05) is 0 Å². The molecule has 5 rings (SSSR count). The van der Waals surface area contributed by atoms with E-state index in [0.29, 0.717) is 5.76 Å². The third-order valence-electron chi connectivity index (χ3n) is 7.76. The number of benzene rings is 2. The van der Waals surface area contributed by atoms with Gasteiger partial charge in [0, 0.05) is 23.0 Å². The number of allylic oxidation sites excluding steroid dienone is 3. The zero-order valence-corrected chi connectivity index (χ0v) is 26.4. The lowest BCUT2D eigenvalue weighted by atomic mass is 9.86. The number of ether oxygens (including phenoxy) is 1. The van der Waals surface area contributed by atoms with Crippen molar-refractivity contribution in [1.29, 1.82) is 0 Å². The first-order valence-corrected chi connectivity index (χ1v) is 15.0. The van der Waals surface area contributed by atoms with E-state index in [4.69, 9.17) is 9.15 Å². The molecule has 0 saturated heterocycles. The van der Waals surface area contributed by atoms with E-state index in [0.717, 1.165) is 39.5 Å². The zero-order valence-electron chi connectivity index (χ0n) is 26.4. The van der Waals surface area contributed by atoms with Gasteiger partial charge >= 0.3 is 11.5 Å². The molecular formula is C39H41O4+. The summed E-state index contributed by atoms with van der Waals surface area (Å²) in [5.41, 5.74) is 2.56. The maximum atomic E-state index is 13.8. The molecule has 0 bridgehead atoms. The molecule has 1 aliphatic rings. The molecule has 0 fully saturated rings. The summed E-state index contributed by atoms with van der Waals surface area (Å²) in [5.74, 6) is 2.73. The highest BCUT2D eigenvalue weighted by Gasteiger charge is 2.31. The van der Waals surface area contributed by atoms with Crippen LogP contribution in [0.1, 0.15) is 72.3 Å². The summed E-state index contributed by atoms with van der Waals surface area (Å²) in [4.78, 5) is 27.6. The van der Waals surface area contributed by atoms with Gasteiger partial charge < -0.3 is 4.74 Å². The summed E-state index contributed by atoms with van der Waals surface area (Å²) in [7, 11) is 0. The van der Waals surface area contributed by atoms with Gasteiger partial charge in [-0.3, -0.25) is 9.59 Å². The van der Waals surface area contributed by atoms with Crippen molar-refractivity contribution in [3.8, 4) is 11.3 Å². The molecule has 1 unspecified atom stereocenters. The van der Waals surface area contributed by atoms with Crippen molar-refractivity contribution < 1.29 is 9.15 Å². The van der Waals surface area contributed by atoms with Gasteiger partial charge in [0.05, 0.1) is 27.5 Å². The van der Waals surface area contributed by atoms with Crippen LogP contribution in [0.25, 0.3) is 28.7 Å². The minimum atomic E-state index is -0.270. The highest BCUT2D eigenvalue weighted by molar-refractivity contribution is 5.72. The zero-order chi connectivity index (χ0) is 31.1. The maximum Gasteiger partial charge on any atom is 0.360 e. The van der Waals surface area contributed by atoms with E-state index < -0.39 is 0 Å². The van der Waals surface area contributed by atoms with Crippen LogP contribution in [-0.4, -0.2) is 0 Å². The largest absolute Gasteiger partial charge is 0.461 e. The van der Waals surface area contributed by atoms with E-state index >= 15 is 0 Å². The lowest BCUT2D eigenvalue weighted by Crippen LogP contribution is -2.66. The Labute approximate surface area is 254 Å². The molecule has 0 spiro atoms. The topological polar surface area (TPSA) is 54.7 Å². The standard InChI is InChI=1S/C39H41O4/c1-24(2)34(28-22-31(27-17-13-10-14-18-27)43-33(23-28)39(6,7)8)35-36(40)29(37(35)41)19-25-20-30(26-15-11-9-12-16-26)42-32(21-25)38(3,4)5/h9-25H,1-8H3/q+1. The lowest BCUT2D eigenvalue weighted by molar-refractivity contribution is 0.257. The van der Waals surface area contributed by atoms with Gasteiger partial charge in [0.15, 0.2) is 0 Å². The van der Waals surface area contributed by atoms with Gasteiger partial charge in [0.2, 0.25) is 10.9 Å². The van der Waals surface area contributed by atoms with Crippen LogP contribution in [0.3, 0.4) is 0 Å². The molecule has 0 amide bonds. The predicted octanol–water partition coefficient (Wildman–Crippen LogP) is 7.37. The lowest BCUT2D eigenvalue weighted by Gasteiger charge is -2.29. The fourth-order valence-electron chi connectivity index (χ4n) is 5.38. The van der Waals surface area contributed by atoms with E-state index in [-0.39, 0.29) is 44.0 Å². The Morgan fingerprint density at radius 2 is 1.37 bits per heavy atom. The van der Waals surface area contributed by atoms with Crippen LogP contribution in [0.4, 0.5) is 0 Å². The summed E-state index contributed by atoms with van der Waals surface area (Å²) >= 11 is 0. The predicted molar refractivity (Wildman–Crippen MR) is 176 cm³/mol. The van der Waals surface area contributed by atoms with Crippen LogP contribution in [0.2, 0.25) is 0 Å². The molecule has 220 valence electrons. The van der Waals surface area contributed by atoms with Gasteiger partial charge in [0.25, 0.3) is 0 Å². The second kappa shape index (κ2) is 11.4. The van der Waals surface area contributed by atoms with Crippen LogP contribution in [0, 0.1) is 17.3 Å². The monoisotopic (exact) mass is 573 g/mol. The van der Waals surface area contributed by atoms with Gasteiger partial charge in [-0.1, -0.05) is 89.2 Å². The van der Waals surface area contributed by atoms with Crippen LogP contribution in [0.15, 0.2) is 105 Å². The molecule has 4 aromatic rings. The summed E-state index contributed by atoms with van der Waals surface area (Å²) < 4.78 is 12.7. The van der Waals surface area contributed by atoms with Crippen molar-refractivity contribution in [3.63, 3.8) is 0 Å². The molecule has 4 heteroatoms. The first-order valence-electron chi connectivity index (χ1n) is 15.0. The average molecular weight is 574 g/mol. The molecule has 2 heterocycles. The molecule has 0 saturated carbocycles. The Morgan fingerprint density at radius 3 is 1.91 bits per heavy atom. The molecular weight excluding hydrogens is 532 g/mol. The first-order chi connectivity index (χ1) is 20.2. The summed E-state index contributed by atoms with van der Waals surface area (Å²) in [6, 6.07) is 23.8. The second-order valence-corrected chi connectivity index (χ2v) is 13.7.